The van der Waals surface area contributed by atoms with Crippen molar-refractivity contribution in [3.63, 3.8) is 0 Å². The van der Waals surface area contributed by atoms with E-state index < -0.39 is 5.79 Å². The minimum atomic E-state index is -1.11. The Morgan fingerprint density at radius 2 is 2.50 bits per heavy atom. The predicted octanol–water partition coefficient (Wildman–Crippen LogP) is -0.692. The molecule has 0 saturated carbocycles. The minimum absolute atomic E-state index is 0.133. The quantitative estimate of drug-likeness (QED) is 0.555. The molecule has 0 aliphatic carbocycles. The van der Waals surface area contributed by atoms with Crippen LogP contribution in [0.3, 0.4) is 0 Å². The molecule has 0 spiro atoms. The monoisotopic (exact) mass is 173 g/mol. The lowest BCUT2D eigenvalue weighted by Crippen LogP contribution is -2.57. The molecule has 71 valence electrons. The third-order valence-corrected chi connectivity index (χ3v) is 2.03. The van der Waals surface area contributed by atoms with Crippen molar-refractivity contribution in [1.82, 2.24) is 10.6 Å². The van der Waals surface area contributed by atoms with E-state index in [1.165, 1.54) is 0 Å². The fourth-order valence-corrected chi connectivity index (χ4v) is 1.35. The zero-order valence-electron chi connectivity index (χ0n) is 7.71. The summed E-state index contributed by atoms with van der Waals surface area (Å²) in [5.74, 6) is -1.11. The Bertz CT molecular complexity index is 133. The lowest BCUT2D eigenvalue weighted by molar-refractivity contribution is -0.207. The second kappa shape index (κ2) is 4.18. The van der Waals surface area contributed by atoms with Crippen LogP contribution in [-0.2, 0) is 4.74 Å². The van der Waals surface area contributed by atoms with E-state index >= 15 is 0 Å². The molecule has 1 aliphatic rings. The molecule has 1 rings (SSSR count). The summed E-state index contributed by atoms with van der Waals surface area (Å²) in [7, 11) is 0. The summed E-state index contributed by atoms with van der Waals surface area (Å²) in [6, 6.07) is -0.133. The summed E-state index contributed by atoms with van der Waals surface area (Å²) in [4.78, 5) is 0. The van der Waals surface area contributed by atoms with Crippen molar-refractivity contribution in [3.8, 4) is 0 Å². The fraction of sp³-hybridized carbons (Fsp3) is 1.00. The maximum atomic E-state index is 9.78. The van der Waals surface area contributed by atoms with Gasteiger partial charge in [-0.2, -0.15) is 0 Å². The molecule has 2 N–H and O–H groups in total. The molecule has 1 radical (unpaired) electrons. The molecular formula is C8H17N2O2. The van der Waals surface area contributed by atoms with E-state index in [0.29, 0.717) is 13.2 Å². The summed E-state index contributed by atoms with van der Waals surface area (Å²) in [5, 5.41) is 17.2. The number of hydrogen-bond acceptors (Lipinski definition) is 3. The first-order valence-corrected chi connectivity index (χ1v) is 4.40. The average molecular weight is 173 g/mol. The Morgan fingerprint density at radius 3 is 3.00 bits per heavy atom. The van der Waals surface area contributed by atoms with Crippen LogP contribution < -0.4 is 10.6 Å². The topological polar surface area (TPSA) is 55.6 Å². The highest BCUT2D eigenvalue weighted by Crippen LogP contribution is 2.13. The van der Waals surface area contributed by atoms with Gasteiger partial charge in [0.2, 0.25) is 0 Å². The van der Waals surface area contributed by atoms with E-state index in [1.54, 1.807) is 6.92 Å². The van der Waals surface area contributed by atoms with Crippen molar-refractivity contribution in [1.29, 1.82) is 0 Å². The van der Waals surface area contributed by atoms with Gasteiger partial charge in [-0.15, -0.1) is 0 Å². The van der Waals surface area contributed by atoms with Gasteiger partial charge in [-0.1, -0.05) is 0 Å². The molecule has 1 heterocycles. The summed E-state index contributed by atoms with van der Waals surface area (Å²) in [6.07, 6.45) is 0. The maximum Gasteiger partial charge on any atom is 0.180 e. The molecule has 4 nitrogen and oxygen atoms in total. The van der Waals surface area contributed by atoms with E-state index in [0.717, 1.165) is 13.1 Å². The van der Waals surface area contributed by atoms with Crippen molar-refractivity contribution in [2.24, 2.45) is 0 Å². The Hall–Kier alpha value is -0.160. The van der Waals surface area contributed by atoms with E-state index in [1.807, 2.05) is 6.92 Å². The van der Waals surface area contributed by atoms with Gasteiger partial charge in [0.25, 0.3) is 0 Å². The zero-order valence-corrected chi connectivity index (χ0v) is 7.71. The zero-order chi connectivity index (χ0) is 9.03. The van der Waals surface area contributed by atoms with Gasteiger partial charge in [-0.05, 0) is 13.8 Å². The lowest BCUT2D eigenvalue weighted by Gasteiger charge is -2.34. The molecule has 0 aromatic carbocycles. The van der Waals surface area contributed by atoms with Crippen molar-refractivity contribution in [3.05, 3.63) is 0 Å². The second-order valence-electron chi connectivity index (χ2n) is 3.11. The molecule has 0 bridgehead atoms. The number of aliphatic hydroxyl groups is 1. The standard InChI is InChI=1S/C8H17N2O2/c1-3-12-8(2,11)7-6-9-4-5-10-7/h7,9,11H,3-6H2,1-2H3. The van der Waals surface area contributed by atoms with Gasteiger partial charge in [-0.3, -0.25) is 0 Å². The van der Waals surface area contributed by atoms with Gasteiger partial charge < -0.3 is 15.2 Å². The number of hydrogen-bond donors (Lipinski definition) is 2. The minimum Gasteiger partial charge on any atom is -0.364 e. The molecule has 0 aromatic rings. The van der Waals surface area contributed by atoms with Crippen LogP contribution in [0.4, 0.5) is 0 Å². The van der Waals surface area contributed by atoms with Crippen molar-refractivity contribution < 1.29 is 9.84 Å². The van der Waals surface area contributed by atoms with Crippen LogP contribution in [-0.4, -0.2) is 43.2 Å². The Kier molecular flexibility index (Phi) is 3.46. The number of nitrogens with zero attached hydrogens (tertiary/aromatic N) is 1. The van der Waals surface area contributed by atoms with Crippen LogP contribution >= 0.6 is 0 Å². The molecule has 2 atom stereocenters. The fourth-order valence-electron chi connectivity index (χ4n) is 1.35. The van der Waals surface area contributed by atoms with Crippen LogP contribution in [0.1, 0.15) is 13.8 Å². The highest BCUT2D eigenvalue weighted by molar-refractivity contribution is 4.85. The summed E-state index contributed by atoms with van der Waals surface area (Å²) < 4.78 is 5.19. The molecule has 0 amide bonds. The number of nitrogens with one attached hydrogen (secondary N) is 1. The summed E-state index contributed by atoms with van der Waals surface area (Å²) in [5.41, 5.74) is 0. The first-order valence-electron chi connectivity index (χ1n) is 4.40. The predicted molar refractivity (Wildman–Crippen MR) is 45.9 cm³/mol. The summed E-state index contributed by atoms with van der Waals surface area (Å²) in [6.45, 7) is 6.40. The van der Waals surface area contributed by atoms with Gasteiger partial charge in [0.1, 0.15) is 0 Å². The van der Waals surface area contributed by atoms with Crippen LogP contribution in [0.5, 0.6) is 0 Å². The largest absolute Gasteiger partial charge is 0.364 e. The van der Waals surface area contributed by atoms with Gasteiger partial charge in [-0.25, -0.2) is 5.32 Å². The normalized spacial score (nSPS) is 29.8. The summed E-state index contributed by atoms with van der Waals surface area (Å²) >= 11 is 0. The molecule has 2 unspecified atom stereocenters. The van der Waals surface area contributed by atoms with Crippen LogP contribution in [0.15, 0.2) is 0 Å². The van der Waals surface area contributed by atoms with E-state index in [2.05, 4.69) is 10.6 Å². The average Bonchev–Trinajstić information content (AvgIpc) is 2.06. The van der Waals surface area contributed by atoms with Crippen LogP contribution in [0, 0.1) is 0 Å². The highest BCUT2D eigenvalue weighted by atomic mass is 16.6. The van der Waals surface area contributed by atoms with Gasteiger partial charge in [0.15, 0.2) is 5.79 Å². The number of rotatable bonds is 3. The van der Waals surface area contributed by atoms with Crippen LogP contribution in [0.2, 0.25) is 0 Å². The van der Waals surface area contributed by atoms with Crippen LogP contribution in [0.25, 0.3) is 0 Å². The number of ether oxygens (including phenoxy) is 1. The Labute approximate surface area is 73.3 Å². The first-order chi connectivity index (χ1) is 5.67. The van der Waals surface area contributed by atoms with Crippen molar-refractivity contribution in [2.75, 3.05) is 26.2 Å². The lowest BCUT2D eigenvalue weighted by atomic mass is 10.1. The molecule has 0 aromatic heterocycles. The first kappa shape index (κ1) is 9.92. The molecule has 1 saturated heterocycles. The SMILES string of the molecule is CCOC(C)(O)C1CNCC[N]1. The molecule has 4 heteroatoms. The smallest absolute Gasteiger partial charge is 0.180 e. The molecular weight excluding hydrogens is 156 g/mol. The highest BCUT2D eigenvalue weighted by Gasteiger charge is 2.34. The van der Waals surface area contributed by atoms with E-state index in [4.69, 9.17) is 4.74 Å². The van der Waals surface area contributed by atoms with Gasteiger partial charge in [0, 0.05) is 26.2 Å². The maximum absolute atomic E-state index is 9.78. The van der Waals surface area contributed by atoms with E-state index in [-0.39, 0.29) is 6.04 Å². The Balaban J connectivity index is 2.41. The Morgan fingerprint density at radius 1 is 1.75 bits per heavy atom. The molecule has 1 aliphatic heterocycles. The second-order valence-corrected chi connectivity index (χ2v) is 3.11. The molecule has 12 heavy (non-hydrogen) atoms. The van der Waals surface area contributed by atoms with Gasteiger partial charge >= 0.3 is 0 Å². The third kappa shape index (κ3) is 2.42. The number of piperazine rings is 1. The third-order valence-electron chi connectivity index (χ3n) is 2.03. The molecule has 1 fully saturated rings. The van der Waals surface area contributed by atoms with Gasteiger partial charge in [0.05, 0.1) is 6.04 Å². The van der Waals surface area contributed by atoms with Crippen molar-refractivity contribution >= 4 is 0 Å². The van der Waals surface area contributed by atoms with Crippen molar-refractivity contribution in [2.45, 2.75) is 25.7 Å². The van der Waals surface area contributed by atoms with E-state index in [9.17, 15) is 5.11 Å².